The van der Waals surface area contributed by atoms with Crippen LogP contribution in [0.25, 0.3) is 0 Å². The largest absolute Gasteiger partial charge is 0.344 e. The van der Waals surface area contributed by atoms with E-state index < -0.39 is 11.9 Å². The number of rotatable bonds is 5. The molecule has 1 fully saturated rings. The van der Waals surface area contributed by atoms with Crippen molar-refractivity contribution in [2.75, 3.05) is 5.75 Å². The van der Waals surface area contributed by atoms with Crippen LogP contribution in [0.5, 0.6) is 0 Å². The molecule has 1 aliphatic rings. The summed E-state index contributed by atoms with van der Waals surface area (Å²) in [5.74, 6) is 0.0430. The lowest BCUT2D eigenvalue weighted by molar-refractivity contribution is -0.136. The highest BCUT2D eigenvalue weighted by atomic mass is 32.2. The first kappa shape index (κ1) is 15.0. The molecule has 20 heavy (non-hydrogen) atoms. The molecule has 2 heterocycles. The van der Waals surface area contributed by atoms with Crippen molar-refractivity contribution in [2.24, 2.45) is 0 Å². The third kappa shape index (κ3) is 4.31. The fourth-order valence-corrected chi connectivity index (χ4v) is 3.24. The highest BCUT2D eigenvalue weighted by Crippen LogP contribution is 2.15. The van der Waals surface area contributed by atoms with Crippen LogP contribution in [0, 0.1) is 6.92 Å². The second-order valence-electron chi connectivity index (χ2n) is 4.42. The first-order chi connectivity index (χ1) is 9.54. The topological polar surface area (TPSA) is 88.2 Å². The summed E-state index contributed by atoms with van der Waals surface area (Å²) in [5.41, 5.74) is 0.964. The van der Waals surface area contributed by atoms with Crippen LogP contribution in [0.3, 0.4) is 0 Å². The molecule has 0 aliphatic carbocycles. The first-order valence-electron chi connectivity index (χ1n) is 6.16. The van der Waals surface area contributed by atoms with Crippen molar-refractivity contribution in [2.45, 2.75) is 31.6 Å². The Morgan fingerprint density at radius 1 is 1.60 bits per heavy atom. The Balaban J connectivity index is 1.70. The van der Waals surface area contributed by atoms with Gasteiger partial charge in [-0.3, -0.25) is 19.7 Å². The van der Waals surface area contributed by atoms with Gasteiger partial charge in [0.25, 0.3) is 0 Å². The highest BCUT2D eigenvalue weighted by Gasteiger charge is 2.27. The molecule has 8 heteroatoms. The van der Waals surface area contributed by atoms with Crippen molar-refractivity contribution < 1.29 is 14.4 Å². The molecule has 1 atom stereocenters. The fraction of sp³-hybridized carbons (Fsp3) is 0.500. The molecule has 0 spiro atoms. The predicted octanol–water partition coefficient (Wildman–Crippen LogP) is 0.606. The third-order valence-corrected chi connectivity index (χ3v) is 4.51. The van der Waals surface area contributed by atoms with Crippen molar-refractivity contribution in [1.82, 2.24) is 15.6 Å². The maximum absolute atomic E-state index is 11.7. The van der Waals surface area contributed by atoms with Gasteiger partial charge in [-0.1, -0.05) is 0 Å². The Labute approximate surface area is 124 Å². The Bertz CT molecular complexity index is 530. The number of thioether (sulfide) groups is 1. The molecule has 1 aromatic heterocycles. The van der Waals surface area contributed by atoms with Gasteiger partial charge in [0.2, 0.25) is 17.7 Å². The number of piperidine rings is 1. The normalized spacial score (nSPS) is 18.8. The van der Waals surface area contributed by atoms with Crippen LogP contribution in [0.4, 0.5) is 0 Å². The maximum Gasteiger partial charge on any atom is 0.249 e. The van der Waals surface area contributed by atoms with E-state index in [0.717, 1.165) is 10.7 Å². The lowest BCUT2D eigenvalue weighted by atomic mass is 10.1. The number of hydrogen-bond acceptors (Lipinski definition) is 6. The Hall–Kier alpha value is -1.41. The molecule has 108 valence electrons. The minimum Gasteiger partial charge on any atom is -0.344 e. The number of aromatic nitrogens is 1. The van der Waals surface area contributed by atoms with Gasteiger partial charge in [0, 0.05) is 17.6 Å². The SMILES string of the molecule is Cc1nc(CSCC(=O)NC2CCC(=O)NC2=O)cs1. The quantitative estimate of drug-likeness (QED) is 0.778. The lowest BCUT2D eigenvalue weighted by Gasteiger charge is -2.21. The summed E-state index contributed by atoms with van der Waals surface area (Å²) in [6, 6.07) is -0.595. The average molecular weight is 313 g/mol. The standard InChI is InChI=1S/C12H15N3O3S2/c1-7-13-8(5-20-7)4-19-6-11(17)14-9-2-3-10(16)15-12(9)18/h5,9H,2-4,6H2,1H3,(H,14,17)(H,15,16,18). The van der Waals surface area contributed by atoms with E-state index >= 15 is 0 Å². The molecule has 0 aromatic carbocycles. The monoisotopic (exact) mass is 313 g/mol. The van der Waals surface area contributed by atoms with Crippen molar-refractivity contribution in [3.05, 3.63) is 16.1 Å². The summed E-state index contributed by atoms with van der Waals surface area (Å²) >= 11 is 3.03. The van der Waals surface area contributed by atoms with Crippen LogP contribution in [0.2, 0.25) is 0 Å². The molecule has 1 saturated heterocycles. The zero-order valence-corrected chi connectivity index (χ0v) is 12.6. The molecule has 1 unspecified atom stereocenters. The lowest BCUT2D eigenvalue weighted by Crippen LogP contribution is -2.52. The van der Waals surface area contributed by atoms with Crippen LogP contribution >= 0.6 is 23.1 Å². The van der Waals surface area contributed by atoms with Crippen molar-refractivity contribution in [3.8, 4) is 0 Å². The van der Waals surface area contributed by atoms with E-state index in [1.54, 1.807) is 11.3 Å². The van der Waals surface area contributed by atoms with Gasteiger partial charge in [0.05, 0.1) is 16.5 Å². The number of aryl methyl sites for hydroxylation is 1. The molecule has 1 aromatic rings. The molecule has 3 amide bonds. The number of carbonyl (C=O) groups excluding carboxylic acids is 3. The maximum atomic E-state index is 11.7. The van der Waals surface area contributed by atoms with Crippen molar-refractivity contribution >= 4 is 40.8 Å². The molecule has 0 bridgehead atoms. The molecule has 2 N–H and O–H groups in total. The van der Waals surface area contributed by atoms with Crippen LogP contribution in [0.1, 0.15) is 23.5 Å². The Morgan fingerprint density at radius 2 is 2.40 bits per heavy atom. The number of thiazole rings is 1. The zero-order chi connectivity index (χ0) is 14.5. The number of imide groups is 1. The second kappa shape index (κ2) is 6.85. The van der Waals surface area contributed by atoms with E-state index in [4.69, 9.17) is 0 Å². The highest BCUT2D eigenvalue weighted by molar-refractivity contribution is 7.99. The summed E-state index contributed by atoms with van der Waals surface area (Å²) in [4.78, 5) is 38.5. The number of amides is 3. The molecular formula is C12H15N3O3S2. The smallest absolute Gasteiger partial charge is 0.249 e. The van der Waals surface area contributed by atoms with E-state index in [1.807, 2.05) is 12.3 Å². The van der Waals surface area contributed by atoms with Crippen molar-refractivity contribution in [3.63, 3.8) is 0 Å². The first-order valence-corrected chi connectivity index (χ1v) is 8.20. The Kier molecular flexibility index (Phi) is 5.13. The minimum atomic E-state index is -0.595. The molecule has 1 aliphatic heterocycles. The Morgan fingerprint density at radius 3 is 3.05 bits per heavy atom. The van der Waals surface area contributed by atoms with Gasteiger partial charge < -0.3 is 5.32 Å². The summed E-state index contributed by atoms with van der Waals surface area (Å²) in [7, 11) is 0. The predicted molar refractivity (Wildman–Crippen MR) is 77.3 cm³/mol. The van der Waals surface area contributed by atoms with Gasteiger partial charge in [0.1, 0.15) is 6.04 Å². The number of carbonyl (C=O) groups is 3. The third-order valence-electron chi connectivity index (χ3n) is 2.72. The van der Waals surface area contributed by atoms with Gasteiger partial charge in [-0.2, -0.15) is 0 Å². The van der Waals surface area contributed by atoms with Gasteiger partial charge >= 0.3 is 0 Å². The van der Waals surface area contributed by atoms with Gasteiger partial charge in [-0.15, -0.1) is 23.1 Å². The number of hydrogen-bond donors (Lipinski definition) is 2. The van der Waals surface area contributed by atoms with E-state index in [9.17, 15) is 14.4 Å². The second-order valence-corrected chi connectivity index (χ2v) is 6.47. The molecular weight excluding hydrogens is 298 g/mol. The average Bonchev–Trinajstić information content (AvgIpc) is 2.79. The summed E-state index contributed by atoms with van der Waals surface area (Å²) in [6.45, 7) is 1.94. The molecule has 2 rings (SSSR count). The zero-order valence-electron chi connectivity index (χ0n) is 11.0. The van der Waals surface area contributed by atoms with Gasteiger partial charge in [-0.25, -0.2) is 4.98 Å². The minimum absolute atomic E-state index is 0.198. The van der Waals surface area contributed by atoms with E-state index in [1.165, 1.54) is 11.8 Å². The molecule has 0 radical (unpaired) electrons. The molecule has 0 saturated carbocycles. The summed E-state index contributed by atoms with van der Waals surface area (Å²) < 4.78 is 0. The van der Waals surface area contributed by atoms with Crippen LogP contribution < -0.4 is 10.6 Å². The number of nitrogens with one attached hydrogen (secondary N) is 2. The van der Waals surface area contributed by atoms with Gasteiger partial charge in [-0.05, 0) is 13.3 Å². The number of nitrogens with zero attached hydrogens (tertiary/aromatic N) is 1. The van der Waals surface area contributed by atoms with Crippen LogP contribution in [0.15, 0.2) is 5.38 Å². The van der Waals surface area contributed by atoms with E-state index in [0.29, 0.717) is 12.2 Å². The van der Waals surface area contributed by atoms with E-state index in [2.05, 4.69) is 15.6 Å². The van der Waals surface area contributed by atoms with Crippen molar-refractivity contribution in [1.29, 1.82) is 0 Å². The molecule has 6 nitrogen and oxygen atoms in total. The van der Waals surface area contributed by atoms with Gasteiger partial charge in [0.15, 0.2) is 0 Å². The summed E-state index contributed by atoms with van der Waals surface area (Å²) in [5, 5.41) is 7.83. The summed E-state index contributed by atoms with van der Waals surface area (Å²) in [6.07, 6.45) is 0.633. The fourth-order valence-electron chi connectivity index (χ4n) is 1.79. The van der Waals surface area contributed by atoms with Crippen LogP contribution in [-0.2, 0) is 20.1 Å². The van der Waals surface area contributed by atoms with Crippen LogP contribution in [-0.4, -0.2) is 34.5 Å². The van der Waals surface area contributed by atoms with E-state index in [-0.39, 0.29) is 24.0 Å².